The quantitative estimate of drug-likeness (QED) is 0.440. The normalized spacial score (nSPS) is 32.2. The van der Waals surface area contributed by atoms with Crippen molar-refractivity contribution in [2.45, 2.75) is 108 Å². The van der Waals surface area contributed by atoms with Crippen LogP contribution in [-0.2, 0) is 28.2 Å². The second-order valence-corrected chi connectivity index (χ2v) is 19.9. The molecule has 1 aromatic heterocycles. The second-order valence-electron chi connectivity index (χ2n) is 11.0. The maximum atomic E-state index is 12.0. The number of hydrogen-bond acceptors (Lipinski definition) is 9. The number of aromatic nitrogens is 2. The highest BCUT2D eigenvalue weighted by Crippen LogP contribution is 2.53. The van der Waals surface area contributed by atoms with Crippen LogP contribution in [0.25, 0.3) is 0 Å². The van der Waals surface area contributed by atoms with Crippen molar-refractivity contribution in [3.8, 4) is 6.01 Å². The minimum absolute atomic E-state index is 0.0546. The highest BCUT2D eigenvalue weighted by Gasteiger charge is 2.70. The molecule has 0 aromatic carbocycles. The summed E-state index contributed by atoms with van der Waals surface area (Å²) in [6.45, 7) is 17.4. The van der Waals surface area contributed by atoms with E-state index in [1.165, 1.54) is 23.9 Å². The van der Waals surface area contributed by atoms with Crippen molar-refractivity contribution < 1.29 is 32.3 Å². The van der Waals surface area contributed by atoms with Gasteiger partial charge in [0.15, 0.2) is 6.10 Å². The van der Waals surface area contributed by atoms with Crippen LogP contribution in [-0.4, -0.2) is 70.1 Å². The zero-order valence-electron chi connectivity index (χ0n) is 22.2. The maximum absolute atomic E-state index is 12.0. The lowest BCUT2D eigenvalue weighted by atomic mass is 10.0. The van der Waals surface area contributed by atoms with Gasteiger partial charge in [0.2, 0.25) is 12.0 Å². The zero-order chi connectivity index (χ0) is 25.9. The van der Waals surface area contributed by atoms with Gasteiger partial charge in [-0.1, -0.05) is 55.4 Å². The Morgan fingerprint density at radius 3 is 2.23 bits per heavy atom. The molecule has 0 amide bonds. The SMILES string of the molecule is CO[C@H](O)[C@]12O[C@@H]3CO[Si](C(C)C)(C(C)C)O[Si](C(C)C)(C(C)C)O[C@H]3[C@H]1Oc1nc(=O)ccn12. The Balaban J connectivity index is 1.87. The first-order valence-corrected chi connectivity index (χ1v) is 16.5. The molecule has 3 aliphatic rings. The number of nitrogens with zero attached hydrogens (tertiary/aromatic N) is 2. The van der Waals surface area contributed by atoms with Crippen LogP contribution in [0.2, 0.25) is 22.2 Å². The maximum Gasteiger partial charge on any atom is 0.335 e. The molecule has 10 nitrogen and oxygen atoms in total. The first-order valence-electron chi connectivity index (χ1n) is 12.5. The summed E-state index contributed by atoms with van der Waals surface area (Å²) in [7, 11) is -4.32. The molecule has 1 aromatic rings. The zero-order valence-corrected chi connectivity index (χ0v) is 24.2. The molecule has 0 spiro atoms. The molecule has 0 bridgehead atoms. The van der Waals surface area contributed by atoms with Gasteiger partial charge in [-0.3, -0.25) is 9.36 Å². The smallest absolute Gasteiger partial charge is 0.335 e. The fourth-order valence-corrected chi connectivity index (χ4v) is 17.1. The third-order valence-electron chi connectivity index (χ3n) is 7.71. The highest BCUT2D eigenvalue weighted by molar-refractivity contribution is 6.84. The molecule has 5 atom stereocenters. The van der Waals surface area contributed by atoms with E-state index < -0.39 is 53.0 Å². The van der Waals surface area contributed by atoms with Crippen molar-refractivity contribution in [1.29, 1.82) is 0 Å². The summed E-state index contributed by atoms with van der Waals surface area (Å²) < 4.78 is 40.8. The van der Waals surface area contributed by atoms with Crippen LogP contribution < -0.4 is 10.3 Å². The summed E-state index contributed by atoms with van der Waals surface area (Å²) in [5.41, 5.74) is -1.33. The van der Waals surface area contributed by atoms with E-state index in [4.69, 9.17) is 27.2 Å². The van der Waals surface area contributed by atoms with E-state index >= 15 is 0 Å². The van der Waals surface area contributed by atoms with Gasteiger partial charge in [-0.15, -0.1) is 0 Å². The summed E-state index contributed by atoms with van der Waals surface area (Å²) in [6.07, 6.45) is -1.88. The molecule has 0 radical (unpaired) electrons. The van der Waals surface area contributed by atoms with Crippen molar-refractivity contribution in [3.05, 3.63) is 22.6 Å². The number of hydrogen-bond donors (Lipinski definition) is 1. The third-order valence-corrected chi connectivity index (χ3v) is 18.0. The monoisotopic (exact) mass is 528 g/mol. The number of fused-ring (bicyclic) bond motifs is 5. The predicted molar refractivity (Wildman–Crippen MR) is 133 cm³/mol. The van der Waals surface area contributed by atoms with Crippen LogP contribution in [0.1, 0.15) is 55.4 Å². The van der Waals surface area contributed by atoms with Crippen LogP contribution in [0.4, 0.5) is 0 Å². The Bertz CT molecular complexity index is 971. The lowest BCUT2D eigenvalue weighted by molar-refractivity contribution is -0.263. The molecule has 4 rings (SSSR count). The Kier molecular flexibility index (Phi) is 7.17. The summed E-state index contributed by atoms with van der Waals surface area (Å²) >= 11 is 0. The van der Waals surface area contributed by atoms with E-state index in [1.54, 1.807) is 0 Å². The topological polar surface area (TPSA) is 111 Å². The van der Waals surface area contributed by atoms with Crippen molar-refractivity contribution in [2.75, 3.05) is 13.7 Å². The summed E-state index contributed by atoms with van der Waals surface area (Å²) in [4.78, 5) is 16.0. The minimum atomic E-state index is -2.96. The first kappa shape index (κ1) is 26.9. The van der Waals surface area contributed by atoms with Crippen LogP contribution in [0.15, 0.2) is 17.1 Å². The van der Waals surface area contributed by atoms with Gasteiger partial charge in [0.25, 0.3) is 5.56 Å². The molecular weight excluding hydrogens is 488 g/mol. The molecular formula is C23H40N2O8Si2. The average molecular weight is 529 g/mol. The van der Waals surface area contributed by atoms with Crippen molar-refractivity contribution in [3.63, 3.8) is 0 Å². The molecule has 0 saturated carbocycles. The Morgan fingerprint density at radius 2 is 1.69 bits per heavy atom. The first-order chi connectivity index (χ1) is 16.4. The van der Waals surface area contributed by atoms with Gasteiger partial charge in [-0.2, -0.15) is 4.98 Å². The molecule has 4 heterocycles. The number of aliphatic hydroxyl groups excluding tert-OH is 1. The number of methoxy groups -OCH3 is 1. The average Bonchev–Trinajstić information content (AvgIpc) is 3.23. The summed E-state index contributed by atoms with van der Waals surface area (Å²) in [5, 5.41) is 11.1. The summed E-state index contributed by atoms with van der Waals surface area (Å²) in [5.74, 6) is 0. The number of aliphatic hydroxyl groups is 1. The van der Waals surface area contributed by atoms with E-state index in [9.17, 15) is 9.90 Å². The molecule has 0 aliphatic carbocycles. The Hall–Kier alpha value is -1.13. The molecule has 35 heavy (non-hydrogen) atoms. The van der Waals surface area contributed by atoms with E-state index in [0.29, 0.717) is 0 Å². The highest BCUT2D eigenvalue weighted by atomic mass is 28.5. The van der Waals surface area contributed by atoms with E-state index in [2.05, 4.69) is 60.4 Å². The molecule has 12 heteroatoms. The van der Waals surface area contributed by atoms with Crippen molar-refractivity contribution in [2.24, 2.45) is 0 Å². The molecule has 1 N–H and O–H groups in total. The summed E-state index contributed by atoms with van der Waals surface area (Å²) in [6, 6.07) is 1.36. The largest absolute Gasteiger partial charge is 0.453 e. The van der Waals surface area contributed by atoms with Gasteiger partial charge in [0, 0.05) is 19.4 Å². The number of rotatable bonds is 6. The fourth-order valence-electron chi connectivity index (χ4n) is 5.89. The fraction of sp³-hybridized carbons (Fsp3) is 0.826. The van der Waals surface area contributed by atoms with E-state index in [0.717, 1.165) is 0 Å². The van der Waals surface area contributed by atoms with Gasteiger partial charge in [-0.05, 0) is 22.2 Å². The predicted octanol–water partition coefficient (Wildman–Crippen LogP) is 2.98. The van der Waals surface area contributed by atoms with E-state index in [-0.39, 0.29) is 34.8 Å². The van der Waals surface area contributed by atoms with Crippen LogP contribution in [0, 0.1) is 0 Å². The Morgan fingerprint density at radius 1 is 1.09 bits per heavy atom. The van der Waals surface area contributed by atoms with Crippen LogP contribution in [0.3, 0.4) is 0 Å². The van der Waals surface area contributed by atoms with Crippen molar-refractivity contribution >= 4 is 17.1 Å². The van der Waals surface area contributed by atoms with Crippen LogP contribution >= 0.6 is 0 Å². The molecule has 3 aliphatic heterocycles. The standard InChI is InChI=1S/C23H40N2O8Si2/c1-13(2)34(14(3)4)29-12-17-19(32-35(33-34,15(5)6)16(7)8)20-23(31-17,21(27)28-9)25-11-10-18(26)24-22(25)30-20/h10-11,13-17,19-21,27H,12H2,1-9H3/t17-,19-,20-,21+,23-/m1/s1. The lowest BCUT2D eigenvalue weighted by Gasteiger charge is -2.51. The van der Waals surface area contributed by atoms with Crippen molar-refractivity contribution in [1.82, 2.24) is 9.55 Å². The van der Waals surface area contributed by atoms with E-state index in [1.807, 2.05) is 0 Å². The second kappa shape index (κ2) is 9.32. The molecule has 198 valence electrons. The third kappa shape index (κ3) is 3.88. The van der Waals surface area contributed by atoms with Gasteiger partial charge < -0.3 is 32.3 Å². The van der Waals surface area contributed by atoms with Gasteiger partial charge >= 0.3 is 23.1 Å². The number of ether oxygens (including phenoxy) is 3. The molecule has 2 fully saturated rings. The van der Waals surface area contributed by atoms with Gasteiger partial charge in [-0.25, -0.2) is 0 Å². The van der Waals surface area contributed by atoms with Crippen LogP contribution in [0.5, 0.6) is 6.01 Å². The Labute approximate surface area is 209 Å². The van der Waals surface area contributed by atoms with Gasteiger partial charge in [0.05, 0.1) is 6.61 Å². The lowest BCUT2D eigenvalue weighted by Crippen LogP contribution is -2.66. The molecule has 0 unspecified atom stereocenters. The minimum Gasteiger partial charge on any atom is -0.453 e. The van der Waals surface area contributed by atoms with Gasteiger partial charge in [0.1, 0.15) is 12.2 Å². The molecule has 2 saturated heterocycles.